The lowest BCUT2D eigenvalue weighted by Gasteiger charge is -2.10. The highest BCUT2D eigenvalue weighted by Crippen LogP contribution is 2.78. The fourth-order valence-corrected chi connectivity index (χ4v) is 4.39. The summed E-state index contributed by atoms with van der Waals surface area (Å²) >= 11 is 0. The summed E-state index contributed by atoms with van der Waals surface area (Å²) in [6.45, 7) is 0. The van der Waals surface area contributed by atoms with E-state index < -0.39 is 0 Å². The normalized spacial score (nSPS) is 25.9. The highest BCUT2D eigenvalue weighted by molar-refractivity contribution is 5.81. The van der Waals surface area contributed by atoms with E-state index in [-0.39, 0.29) is 10.8 Å². The van der Waals surface area contributed by atoms with Crippen molar-refractivity contribution in [1.82, 2.24) is 19.7 Å². The van der Waals surface area contributed by atoms with Crippen LogP contribution in [0, 0.1) is 16.7 Å². The van der Waals surface area contributed by atoms with E-state index >= 15 is 0 Å². The van der Waals surface area contributed by atoms with Crippen LogP contribution in [0.15, 0.2) is 36.8 Å². The molecule has 6 rings (SSSR count). The first-order valence-electron chi connectivity index (χ1n) is 8.97. The molecule has 0 amide bonds. The van der Waals surface area contributed by atoms with Gasteiger partial charge in [0.1, 0.15) is 6.33 Å². The Morgan fingerprint density at radius 3 is 2.76 bits per heavy atom. The molecule has 3 aromatic rings. The van der Waals surface area contributed by atoms with Crippen LogP contribution in [-0.2, 0) is 5.41 Å². The summed E-state index contributed by atoms with van der Waals surface area (Å²) in [6.07, 6.45) is 9.33. The predicted molar refractivity (Wildman–Crippen MR) is 92.2 cm³/mol. The number of nitriles is 1. The number of rotatable bonds is 3. The molecule has 0 saturated heterocycles. The molecule has 0 unspecified atom stereocenters. The molecule has 122 valence electrons. The summed E-state index contributed by atoms with van der Waals surface area (Å²) in [4.78, 5) is 8.84. The Morgan fingerprint density at radius 1 is 1.16 bits per heavy atom. The molecule has 25 heavy (non-hydrogen) atoms. The van der Waals surface area contributed by atoms with Crippen LogP contribution < -0.4 is 0 Å². The van der Waals surface area contributed by atoms with Crippen molar-refractivity contribution in [1.29, 1.82) is 5.26 Å². The van der Waals surface area contributed by atoms with Gasteiger partial charge in [-0.25, -0.2) is 14.6 Å². The largest absolute Gasteiger partial charge is 0.241 e. The lowest BCUT2D eigenvalue weighted by atomic mass is 9.93. The van der Waals surface area contributed by atoms with E-state index in [0.717, 1.165) is 34.4 Å². The minimum absolute atomic E-state index is 0.272. The standard InChI is InChI=1S/C20H17N5/c21-11-20(10-19(20)5-6-19)15-4-3-14-9-24-25(17(14)7-15)18-8-16(13-1-2-13)22-12-23-18/h3-4,7-9,12-13H,1-2,5-6,10H2/t20-/m1/s1. The van der Waals surface area contributed by atoms with E-state index in [1.807, 2.05) is 10.9 Å². The van der Waals surface area contributed by atoms with Crippen LogP contribution in [0.1, 0.15) is 49.3 Å². The van der Waals surface area contributed by atoms with Crippen molar-refractivity contribution in [3.63, 3.8) is 0 Å². The van der Waals surface area contributed by atoms with Crippen molar-refractivity contribution in [2.24, 2.45) is 5.41 Å². The molecular weight excluding hydrogens is 310 g/mol. The number of benzene rings is 1. The van der Waals surface area contributed by atoms with Gasteiger partial charge in [-0.2, -0.15) is 10.4 Å². The van der Waals surface area contributed by atoms with Gasteiger partial charge in [0.2, 0.25) is 0 Å². The van der Waals surface area contributed by atoms with Gasteiger partial charge in [-0.05, 0) is 49.1 Å². The van der Waals surface area contributed by atoms with E-state index in [1.54, 1.807) is 6.33 Å². The second-order valence-electron chi connectivity index (χ2n) is 7.88. The number of aromatic nitrogens is 4. The van der Waals surface area contributed by atoms with E-state index in [4.69, 9.17) is 0 Å². The van der Waals surface area contributed by atoms with Crippen molar-refractivity contribution in [2.45, 2.75) is 43.4 Å². The molecular formula is C20H17N5. The molecule has 1 aromatic carbocycles. The quantitative estimate of drug-likeness (QED) is 0.736. The predicted octanol–water partition coefficient (Wildman–Crippen LogP) is 3.64. The van der Waals surface area contributed by atoms with Gasteiger partial charge in [0, 0.05) is 23.1 Å². The average Bonchev–Trinajstić information content (AvgIpc) is 3.57. The maximum Gasteiger partial charge on any atom is 0.157 e. The Labute approximate surface area is 145 Å². The van der Waals surface area contributed by atoms with Gasteiger partial charge in [0.05, 0.1) is 23.2 Å². The molecule has 0 N–H and O–H groups in total. The third kappa shape index (κ3) is 1.74. The lowest BCUT2D eigenvalue weighted by Crippen LogP contribution is -2.08. The zero-order valence-electron chi connectivity index (χ0n) is 13.8. The van der Waals surface area contributed by atoms with Crippen molar-refractivity contribution < 1.29 is 0 Å². The zero-order valence-corrected chi connectivity index (χ0v) is 13.8. The van der Waals surface area contributed by atoms with Crippen molar-refractivity contribution >= 4 is 10.9 Å². The Balaban J connectivity index is 1.49. The Hall–Kier alpha value is -2.74. The highest BCUT2D eigenvalue weighted by Gasteiger charge is 2.75. The lowest BCUT2D eigenvalue weighted by molar-refractivity contribution is 0.737. The zero-order chi connectivity index (χ0) is 16.6. The molecule has 1 atom stereocenters. The van der Waals surface area contributed by atoms with Crippen LogP contribution in [-0.4, -0.2) is 19.7 Å². The molecule has 5 nitrogen and oxygen atoms in total. The maximum atomic E-state index is 9.81. The van der Waals surface area contributed by atoms with Crippen LogP contribution in [0.4, 0.5) is 0 Å². The summed E-state index contributed by atoms with van der Waals surface area (Å²) in [5.74, 6) is 1.40. The summed E-state index contributed by atoms with van der Waals surface area (Å²) in [7, 11) is 0. The molecule has 5 heteroatoms. The van der Waals surface area contributed by atoms with Crippen LogP contribution in [0.3, 0.4) is 0 Å². The number of fused-ring (bicyclic) bond motifs is 1. The van der Waals surface area contributed by atoms with Crippen LogP contribution in [0.2, 0.25) is 0 Å². The topological polar surface area (TPSA) is 67.4 Å². The Morgan fingerprint density at radius 2 is 2.04 bits per heavy atom. The average molecular weight is 327 g/mol. The summed E-state index contributed by atoms with van der Waals surface area (Å²) < 4.78 is 1.89. The molecule has 3 aliphatic rings. The third-order valence-corrected chi connectivity index (χ3v) is 6.38. The molecule has 0 bridgehead atoms. The third-order valence-electron chi connectivity index (χ3n) is 6.38. The van der Waals surface area contributed by atoms with E-state index in [2.05, 4.69) is 45.4 Å². The smallest absolute Gasteiger partial charge is 0.157 e. The SMILES string of the molecule is N#C[C@@]1(c2ccc3cnn(-c4cc(C5CC5)ncn4)c3c2)CC12CC2. The number of hydrogen-bond donors (Lipinski definition) is 0. The first-order chi connectivity index (χ1) is 12.2. The second-order valence-corrected chi connectivity index (χ2v) is 7.88. The van der Waals surface area contributed by atoms with Gasteiger partial charge in [0.25, 0.3) is 0 Å². The van der Waals surface area contributed by atoms with Gasteiger partial charge < -0.3 is 0 Å². The first kappa shape index (κ1) is 13.5. The summed E-state index contributed by atoms with van der Waals surface area (Å²) in [5, 5.41) is 15.4. The van der Waals surface area contributed by atoms with Crippen molar-refractivity contribution in [3.05, 3.63) is 48.0 Å². The van der Waals surface area contributed by atoms with E-state index in [1.165, 1.54) is 25.7 Å². The fraction of sp³-hybridized carbons (Fsp3) is 0.400. The van der Waals surface area contributed by atoms with Gasteiger partial charge in [-0.1, -0.05) is 12.1 Å². The van der Waals surface area contributed by atoms with Crippen molar-refractivity contribution in [3.8, 4) is 11.9 Å². The fourth-order valence-electron chi connectivity index (χ4n) is 4.39. The molecule has 1 spiro atoms. The van der Waals surface area contributed by atoms with E-state index in [9.17, 15) is 5.26 Å². The van der Waals surface area contributed by atoms with Gasteiger partial charge in [-0.15, -0.1) is 0 Å². The number of nitrogens with zero attached hydrogens (tertiary/aromatic N) is 5. The summed E-state index contributed by atoms with van der Waals surface area (Å²) in [6, 6.07) is 11.0. The minimum Gasteiger partial charge on any atom is -0.241 e. The van der Waals surface area contributed by atoms with Gasteiger partial charge >= 0.3 is 0 Å². The van der Waals surface area contributed by atoms with Crippen LogP contribution in [0.25, 0.3) is 16.7 Å². The second kappa shape index (κ2) is 4.26. The molecule has 0 aliphatic heterocycles. The maximum absolute atomic E-state index is 9.81. The van der Waals surface area contributed by atoms with Crippen LogP contribution in [0.5, 0.6) is 0 Å². The highest BCUT2D eigenvalue weighted by atomic mass is 15.3. The Kier molecular flexibility index (Phi) is 2.31. The van der Waals surface area contributed by atoms with Crippen LogP contribution >= 0.6 is 0 Å². The molecule has 3 saturated carbocycles. The molecule has 3 fully saturated rings. The number of hydrogen-bond acceptors (Lipinski definition) is 4. The summed E-state index contributed by atoms with van der Waals surface area (Å²) in [5.41, 5.74) is 3.26. The minimum atomic E-state index is -0.277. The van der Waals surface area contributed by atoms with Gasteiger partial charge in [0.15, 0.2) is 5.82 Å². The van der Waals surface area contributed by atoms with Crippen molar-refractivity contribution in [2.75, 3.05) is 0 Å². The first-order valence-corrected chi connectivity index (χ1v) is 8.97. The molecule has 2 heterocycles. The Bertz CT molecular complexity index is 1070. The molecule has 0 radical (unpaired) electrons. The van der Waals surface area contributed by atoms with Gasteiger partial charge in [-0.3, -0.25) is 0 Å². The van der Waals surface area contributed by atoms with E-state index in [0.29, 0.717) is 5.92 Å². The molecule has 3 aliphatic carbocycles. The molecule has 2 aromatic heterocycles. The monoisotopic (exact) mass is 327 g/mol.